The van der Waals surface area contributed by atoms with Crippen molar-refractivity contribution >= 4 is 6.01 Å². The van der Waals surface area contributed by atoms with Crippen LogP contribution in [0.1, 0.15) is 12.5 Å². The highest BCUT2D eigenvalue weighted by Crippen LogP contribution is 2.20. The molecular weight excluding hydrogens is 188 g/mol. The Hall–Kier alpha value is -1.77. The smallest absolute Gasteiger partial charge is 0.294 e. The van der Waals surface area contributed by atoms with Crippen molar-refractivity contribution in [2.24, 2.45) is 0 Å². The van der Waals surface area contributed by atoms with E-state index < -0.39 is 0 Å². The highest BCUT2D eigenvalue weighted by atomic mass is 16.4. The minimum atomic E-state index is 0.546. The highest BCUT2D eigenvalue weighted by Gasteiger charge is 2.04. The van der Waals surface area contributed by atoms with Crippen molar-refractivity contribution in [2.75, 3.05) is 12.4 Å². The summed E-state index contributed by atoms with van der Waals surface area (Å²) in [5.74, 6) is 0. The van der Waals surface area contributed by atoms with Crippen LogP contribution in [0.3, 0.4) is 0 Å². The lowest BCUT2D eigenvalue weighted by Gasteiger charge is -1.98. The third-order valence-electron chi connectivity index (χ3n) is 2.38. The molecule has 0 spiro atoms. The molecule has 0 saturated carbocycles. The number of aromatic nitrogens is 1. The van der Waals surface area contributed by atoms with Gasteiger partial charge in [-0.05, 0) is 12.0 Å². The number of nitrogens with one attached hydrogen (secondary N) is 1. The zero-order valence-corrected chi connectivity index (χ0v) is 8.95. The molecule has 78 valence electrons. The van der Waals surface area contributed by atoms with Crippen LogP contribution < -0.4 is 5.32 Å². The first-order chi connectivity index (χ1) is 7.33. The van der Waals surface area contributed by atoms with Crippen molar-refractivity contribution < 1.29 is 4.42 Å². The predicted octanol–water partition coefficient (Wildman–Crippen LogP) is 2.95. The fourth-order valence-corrected chi connectivity index (χ4v) is 1.43. The first kappa shape index (κ1) is 9.77. The largest absolute Gasteiger partial charge is 0.432 e. The van der Waals surface area contributed by atoms with Gasteiger partial charge in [-0.15, -0.1) is 0 Å². The van der Waals surface area contributed by atoms with Gasteiger partial charge in [0, 0.05) is 12.6 Å². The van der Waals surface area contributed by atoms with Gasteiger partial charge in [0.1, 0.15) is 12.0 Å². The molecule has 2 aromatic rings. The second-order valence-corrected chi connectivity index (χ2v) is 3.34. The van der Waals surface area contributed by atoms with Gasteiger partial charge in [0.25, 0.3) is 6.01 Å². The lowest BCUT2D eigenvalue weighted by Crippen LogP contribution is -1.87. The van der Waals surface area contributed by atoms with Crippen LogP contribution in [0.2, 0.25) is 0 Å². The van der Waals surface area contributed by atoms with Gasteiger partial charge in [-0.3, -0.25) is 0 Å². The van der Waals surface area contributed by atoms with E-state index in [1.54, 1.807) is 13.3 Å². The zero-order chi connectivity index (χ0) is 10.7. The molecule has 0 radical (unpaired) electrons. The predicted molar refractivity (Wildman–Crippen MR) is 60.9 cm³/mol. The molecule has 0 unspecified atom stereocenters. The molecule has 0 aliphatic heterocycles. The lowest BCUT2D eigenvalue weighted by molar-refractivity contribution is 0.576. The summed E-state index contributed by atoms with van der Waals surface area (Å²) in [6.07, 6.45) is 2.72. The number of benzene rings is 1. The van der Waals surface area contributed by atoms with E-state index in [0.717, 1.165) is 17.7 Å². The van der Waals surface area contributed by atoms with E-state index in [2.05, 4.69) is 41.5 Å². The van der Waals surface area contributed by atoms with Crippen LogP contribution in [0.4, 0.5) is 6.01 Å². The normalized spacial score (nSPS) is 10.3. The van der Waals surface area contributed by atoms with Gasteiger partial charge in [0.2, 0.25) is 0 Å². The van der Waals surface area contributed by atoms with Crippen LogP contribution >= 0.6 is 0 Å². The Bertz CT molecular complexity index is 431. The molecule has 0 aliphatic carbocycles. The third-order valence-corrected chi connectivity index (χ3v) is 2.38. The molecule has 0 fully saturated rings. The zero-order valence-electron chi connectivity index (χ0n) is 8.95. The topological polar surface area (TPSA) is 38.1 Å². The molecule has 1 aromatic heterocycles. The molecule has 15 heavy (non-hydrogen) atoms. The monoisotopic (exact) mass is 202 g/mol. The van der Waals surface area contributed by atoms with Crippen LogP contribution in [-0.4, -0.2) is 12.0 Å². The van der Waals surface area contributed by atoms with Gasteiger partial charge >= 0.3 is 0 Å². The second kappa shape index (κ2) is 4.17. The second-order valence-electron chi connectivity index (χ2n) is 3.34. The molecule has 0 amide bonds. The van der Waals surface area contributed by atoms with E-state index in [4.69, 9.17) is 4.42 Å². The number of oxazole rings is 1. The van der Waals surface area contributed by atoms with Crippen molar-refractivity contribution in [1.29, 1.82) is 0 Å². The summed E-state index contributed by atoms with van der Waals surface area (Å²) in [7, 11) is 1.79. The minimum absolute atomic E-state index is 0.546. The highest BCUT2D eigenvalue weighted by molar-refractivity contribution is 5.59. The van der Waals surface area contributed by atoms with Gasteiger partial charge < -0.3 is 9.73 Å². The summed E-state index contributed by atoms with van der Waals surface area (Å²) >= 11 is 0. The summed E-state index contributed by atoms with van der Waals surface area (Å²) in [5, 5.41) is 2.86. The summed E-state index contributed by atoms with van der Waals surface area (Å²) in [4.78, 5) is 4.28. The molecule has 3 heteroatoms. The molecule has 1 aromatic carbocycles. The Balaban J connectivity index is 2.28. The van der Waals surface area contributed by atoms with E-state index >= 15 is 0 Å². The van der Waals surface area contributed by atoms with Crippen LogP contribution in [0.25, 0.3) is 11.3 Å². The number of nitrogens with zero attached hydrogens (tertiary/aromatic N) is 1. The van der Waals surface area contributed by atoms with Gasteiger partial charge in [-0.25, -0.2) is 0 Å². The number of hydrogen-bond acceptors (Lipinski definition) is 3. The van der Waals surface area contributed by atoms with E-state index in [1.807, 2.05) is 0 Å². The molecule has 0 saturated heterocycles. The van der Waals surface area contributed by atoms with Gasteiger partial charge in [-0.1, -0.05) is 31.2 Å². The Labute approximate surface area is 89.1 Å². The first-order valence-electron chi connectivity index (χ1n) is 5.06. The fourth-order valence-electron chi connectivity index (χ4n) is 1.43. The van der Waals surface area contributed by atoms with E-state index in [-0.39, 0.29) is 0 Å². The van der Waals surface area contributed by atoms with Crippen LogP contribution in [-0.2, 0) is 6.42 Å². The van der Waals surface area contributed by atoms with Gasteiger partial charge in [0.05, 0.1) is 0 Å². The van der Waals surface area contributed by atoms with E-state index in [0.29, 0.717) is 6.01 Å². The molecule has 1 heterocycles. The number of hydrogen-bond donors (Lipinski definition) is 1. The molecule has 1 N–H and O–H groups in total. The molecule has 2 rings (SSSR count). The van der Waals surface area contributed by atoms with Gasteiger partial charge in [0.15, 0.2) is 0 Å². The Morgan fingerprint density at radius 1 is 1.27 bits per heavy atom. The minimum Gasteiger partial charge on any atom is -0.432 e. The molecule has 0 aliphatic rings. The molecule has 0 bridgehead atoms. The quantitative estimate of drug-likeness (QED) is 0.831. The summed E-state index contributed by atoms with van der Waals surface area (Å²) in [6, 6.07) is 8.91. The van der Waals surface area contributed by atoms with Crippen LogP contribution in [0.15, 0.2) is 34.9 Å². The maximum absolute atomic E-state index is 5.20. The van der Waals surface area contributed by atoms with Crippen molar-refractivity contribution in [3.8, 4) is 11.3 Å². The molecule has 0 atom stereocenters. The van der Waals surface area contributed by atoms with Crippen molar-refractivity contribution in [1.82, 2.24) is 4.98 Å². The van der Waals surface area contributed by atoms with E-state index in [1.165, 1.54) is 5.56 Å². The summed E-state index contributed by atoms with van der Waals surface area (Å²) < 4.78 is 5.20. The van der Waals surface area contributed by atoms with Crippen LogP contribution in [0.5, 0.6) is 0 Å². The first-order valence-corrected chi connectivity index (χ1v) is 5.06. The average Bonchev–Trinajstić information content (AvgIpc) is 2.78. The third kappa shape index (κ3) is 2.01. The number of rotatable bonds is 3. The lowest BCUT2D eigenvalue weighted by atomic mass is 10.1. The molecular formula is C12H14N2O. The van der Waals surface area contributed by atoms with Crippen molar-refractivity contribution in [3.05, 3.63) is 36.1 Å². The maximum Gasteiger partial charge on any atom is 0.294 e. The van der Waals surface area contributed by atoms with Crippen molar-refractivity contribution in [3.63, 3.8) is 0 Å². The van der Waals surface area contributed by atoms with Crippen LogP contribution in [0, 0.1) is 0 Å². The Morgan fingerprint density at radius 2 is 2.00 bits per heavy atom. The Kier molecular flexibility index (Phi) is 2.72. The standard InChI is InChI=1S/C12H14N2O/c1-3-9-4-6-10(7-5-9)11-8-15-12(13-2)14-11/h4-8H,3H2,1-2H3,(H,13,14). The number of anilines is 1. The fraction of sp³-hybridized carbons (Fsp3) is 0.250. The summed E-state index contributed by atoms with van der Waals surface area (Å²) in [6.45, 7) is 2.14. The maximum atomic E-state index is 5.20. The SMILES string of the molecule is CCc1ccc(-c2coc(NC)n2)cc1. The number of aryl methyl sites for hydroxylation is 1. The average molecular weight is 202 g/mol. The Morgan fingerprint density at radius 3 is 2.53 bits per heavy atom. The van der Waals surface area contributed by atoms with Gasteiger partial charge in [-0.2, -0.15) is 4.98 Å². The summed E-state index contributed by atoms with van der Waals surface area (Å²) in [5.41, 5.74) is 3.27. The van der Waals surface area contributed by atoms with E-state index in [9.17, 15) is 0 Å². The van der Waals surface area contributed by atoms with Crippen molar-refractivity contribution in [2.45, 2.75) is 13.3 Å². The molecule has 3 nitrogen and oxygen atoms in total.